The maximum absolute atomic E-state index is 13.1. The molecule has 1 heterocycles. The summed E-state index contributed by atoms with van der Waals surface area (Å²) in [5.74, 6) is 0. The van der Waals surface area contributed by atoms with E-state index in [2.05, 4.69) is 10.4 Å². The molecule has 114 valence electrons. The zero-order valence-corrected chi connectivity index (χ0v) is 12.3. The molecule has 0 spiro atoms. The van der Waals surface area contributed by atoms with E-state index in [0.717, 1.165) is 6.07 Å². The molecule has 0 aliphatic rings. The zero-order valence-electron chi connectivity index (χ0n) is 11.6. The van der Waals surface area contributed by atoms with E-state index in [-0.39, 0.29) is 16.8 Å². The number of rotatable bonds is 4. The van der Waals surface area contributed by atoms with Crippen LogP contribution in [0.3, 0.4) is 0 Å². The molecule has 0 aliphatic carbocycles. The van der Waals surface area contributed by atoms with Crippen LogP contribution in [0.25, 0.3) is 5.69 Å². The van der Waals surface area contributed by atoms with Gasteiger partial charge in [0.2, 0.25) is 0 Å². The Balaban J connectivity index is 2.34. The summed E-state index contributed by atoms with van der Waals surface area (Å²) in [4.78, 5) is 0. The molecule has 3 nitrogen and oxygen atoms in total. The molecule has 1 N–H and O–H groups in total. The van der Waals surface area contributed by atoms with Crippen LogP contribution in [0.4, 0.5) is 13.2 Å². The molecule has 0 saturated carbocycles. The Morgan fingerprint density at radius 1 is 1.29 bits per heavy atom. The van der Waals surface area contributed by atoms with E-state index in [4.69, 9.17) is 11.6 Å². The van der Waals surface area contributed by atoms with Crippen molar-refractivity contribution in [1.29, 1.82) is 0 Å². The maximum Gasteiger partial charge on any atom is 0.418 e. The summed E-state index contributed by atoms with van der Waals surface area (Å²) in [7, 11) is 0. The van der Waals surface area contributed by atoms with Crippen LogP contribution in [0.5, 0.6) is 0 Å². The van der Waals surface area contributed by atoms with Crippen LogP contribution in [0.1, 0.15) is 25.1 Å². The summed E-state index contributed by atoms with van der Waals surface area (Å²) >= 11 is 5.66. The second-order valence-corrected chi connectivity index (χ2v) is 5.38. The molecular formula is C14H15ClF3N3. The summed E-state index contributed by atoms with van der Waals surface area (Å²) in [5, 5.41) is 7.37. The van der Waals surface area contributed by atoms with E-state index in [1.807, 2.05) is 13.8 Å². The fourth-order valence-corrected chi connectivity index (χ4v) is 2.01. The van der Waals surface area contributed by atoms with Gasteiger partial charge in [0.1, 0.15) is 0 Å². The van der Waals surface area contributed by atoms with Crippen LogP contribution in [0.15, 0.2) is 30.5 Å². The number of hydrogen-bond acceptors (Lipinski definition) is 2. The first-order valence-electron chi connectivity index (χ1n) is 6.42. The highest BCUT2D eigenvalue weighted by molar-refractivity contribution is 6.30. The van der Waals surface area contributed by atoms with Crippen molar-refractivity contribution in [2.45, 2.75) is 32.6 Å². The van der Waals surface area contributed by atoms with Gasteiger partial charge in [-0.15, -0.1) is 0 Å². The number of alkyl halides is 3. The Morgan fingerprint density at radius 3 is 2.62 bits per heavy atom. The van der Waals surface area contributed by atoms with Gasteiger partial charge in [-0.05, 0) is 24.3 Å². The zero-order chi connectivity index (χ0) is 15.6. The van der Waals surface area contributed by atoms with Gasteiger partial charge in [-0.25, -0.2) is 4.68 Å². The van der Waals surface area contributed by atoms with Crippen LogP contribution in [0, 0.1) is 0 Å². The van der Waals surface area contributed by atoms with E-state index in [9.17, 15) is 13.2 Å². The lowest BCUT2D eigenvalue weighted by Gasteiger charge is -2.13. The summed E-state index contributed by atoms with van der Waals surface area (Å²) in [6.45, 7) is 4.47. The predicted octanol–water partition coefficient (Wildman–Crippen LogP) is 4.04. The second-order valence-electron chi connectivity index (χ2n) is 4.95. The normalized spacial score (nSPS) is 12.1. The van der Waals surface area contributed by atoms with E-state index in [0.29, 0.717) is 12.2 Å². The number of hydrogen-bond donors (Lipinski definition) is 1. The first-order chi connectivity index (χ1) is 9.77. The van der Waals surface area contributed by atoms with Crippen molar-refractivity contribution in [3.63, 3.8) is 0 Å². The lowest BCUT2D eigenvalue weighted by molar-refractivity contribution is -0.137. The molecule has 0 saturated heterocycles. The van der Waals surface area contributed by atoms with Crippen LogP contribution < -0.4 is 5.32 Å². The standard InChI is InChI=1S/C14H15ClF3N3/c1-9(2)19-8-11-5-6-21(20-11)13-4-3-10(15)7-12(13)14(16,17)18/h3-7,9,19H,8H2,1-2H3. The quantitative estimate of drug-likeness (QED) is 0.922. The van der Waals surface area contributed by atoms with Gasteiger partial charge < -0.3 is 5.32 Å². The minimum absolute atomic E-state index is 0.0392. The highest BCUT2D eigenvalue weighted by Gasteiger charge is 2.34. The lowest BCUT2D eigenvalue weighted by Crippen LogP contribution is -2.22. The van der Waals surface area contributed by atoms with Gasteiger partial charge in [0.25, 0.3) is 0 Å². The Bertz CT molecular complexity index is 620. The third-order valence-corrected chi connectivity index (χ3v) is 3.08. The summed E-state index contributed by atoms with van der Waals surface area (Å²) in [6, 6.07) is 5.60. The smallest absolute Gasteiger partial charge is 0.309 e. The molecule has 1 aromatic heterocycles. The predicted molar refractivity (Wildman–Crippen MR) is 75.6 cm³/mol. The molecule has 21 heavy (non-hydrogen) atoms. The minimum atomic E-state index is -4.48. The molecule has 0 bridgehead atoms. The van der Waals surface area contributed by atoms with Crippen molar-refractivity contribution < 1.29 is 13.2 Å². The molecule has 0 fully saturated rings. The summed E-state index contributed by atoms with van der Waals surface area (Å²) < 4.78 is 40.4. The molecule has 2 aromatic rings. The van der Waals surface area contributed by atoms with Crippen LogP contribution in [-0.4, -0.2) is 15.8 Å². The fraction of sp³-hybridized carbons (Fsp3) is 0.357. The summed E-state index contributed by atoms with van der Waals surface area (Å²) in [6.07, 6.45) is -2.97. The van der Waals surface area contributed by atoms with Crippen molar-refractivity contribution >= 4 is 11.6 Å². The minimum Gasteiger partial charge on any atom is -0.309 e. The average molecular weight is 318 g/mol. The Hall–Kier alpha value is -1.53. The third kappa shape index (κ3) is 3.98. The molecule has 0 aliphatic heterocycles. The van der Waals surface area contributed by atoms with Gasteiger partial charge in [-0.1, -0.05) is 25.4 Å². The highest BCUT2D eigenvalue weighted by Crippen LogP contribution is 2.35. The number of nitrogens with one attached hydrogen (secondary N) is 1. The maximum atomic E-state index is 13.1. The second kappa shape index (κ2) is 6.07. The molecule has 7 heteroatoms. The van der Waals surface area contributed by atoms with Gasteiger partial charge in [0.15, 0.2) is 0 Å². The molecule has 2 rings (SSSR count). The number of nitrogens with zero attached hydrogens (tertiary/aromatic N) is 2. The first-order valence-corrected chi connectivity index (χ1v) is 6.80. The molecular weight excluding hydrogens is 303 g/mol. The first kappa shape index (κ1) is 15.9. The van der Waals surface area contributed by atoms with Crippen LogP contribution in [-0.2, 0) is 12.7 Å². The number of halogens is 4. The van der Waals surface area contributed by atoms with Crippen LogP contribution in [0.2, 0.25) is 5.02 Å². The molecule has 1 aromatic carbocycles. The highest BCUT2D eigenvalue weighted by atomic mass is 35.5. The van der Waals surface area contributed by atoms with Gasteiger partial charge in [0.05, 0.1) is 16.9 Å². The molecule has 0 unspecified atom stereocenters. The third-order valence-electron chi connectivity index (χ3n) is 2.85. The molecule has 0 atom stereocenters. The van der Waals surface area contributed by atoms with Crippen molar-refractivity contribution in [3.05, 3.63) is 46.7 Å². The van der Waals surface area contributed by atoms with Crippen molar-refractivity contribution in [2.75, 3.05) is 0 Å². The van der Waals surface area contributed by atoms with Crippen molar-refractivity contribution in [3.8, 4) is 5.69 Å². The SMILES string of the molecule is CC(C)NCc1ccn(-c2ccc(Cl)cc2C(F)(F)F)n1. The van der Waals surface area contributed by atoms with Gasteiger partial charge in [0, 0.05) is 23.8 Å². The fourth-order valence-electron chi connectivity index (χ4n) is 1.83. The van der Waals surface area contributed by atoms with E-state index in [1.54, 1.807) is 6.07 Å². The van der Waals surface area contributed by atoms with Gasteiger partial charge in [-0.2, -0.15) is 18.3 Å². The monoisotopic (exact) mass is 317 g/mol. The van der Waals surface area contributed by atoms with Gasteiger partial charge >= 0.3 is 6.18 Å². The number of aromatic nitrogens is 2. The Kier molecular flexibility index (Phi) is 4.58. The van der Waals surface area contributed by atoms with E-state index < -0.39 is 11.7 Å². The Morgan fingerprint density at radius 2 is 2.00 bits per heavy atom. The topological polar surface area (TPSA) is 29.9 Å². The Labute approximate surface area is 125 Å². The number of benzene rings is 1. The van der Waals surface area contributed by atoms with Gasteiger partial charge in [-0.3, -0.25) is 0 Å². The van der Waals surface area contributed by atoms with E-state index in [1.165, 1.54) is 23.0 Å². The largest absolute Gasteiger partial charge is 0.418 e. The average Bonchev–Trinajstić information content (AvgIpc) is 2.84. The van der Waals surface area contributed by atoms with Crippen molar-refractivity contribution in [2.24, 2.45) is 0 Å². The summed E-state index contributed by atoms with van der Waals surface area (Å²) in [5.41, 5.74) is -0.170. The van der Waals surface area contributed by atoms with Crippen molar-refractivity contribution in [1.82, 2.24) is 15.1 Å². The van der Waals surface area contributed by atoms with E-state index >= 15 is 0 Å². The molecule has 0 radical (unpaired) electrons. The lowest BCUT2D eigenvalue weighted by atomic mass is 10.1. The molecule has 0 amide bonds. The van der Waals surface area contributed by atoms with Crippen LogP contribution >= 0.6 is 11.6 Å².